The van der Waals surface area contributed by atoms with Crippen LogP contribution in [0.4, 0.5) is 11.7 Å². The number of nitrogens with zero attached hydrogens (tertiary/aromatic N) is 1. The second-order valence-electron chi connectivity index (χ2n) is 5.10. The summed E-state index contributed by atoms with van der Waals surface area (Å²) in [4.78, 5) is 4.46. The van der Waals surface area contributed by atoms with Crippen molar-refractivity contribution in [1.29, 1.82) is 0 Å². The molecule has 0 unspecified atom stereocenters. The Morgan fingerprint density at radius 3 is 2.91 bits per heavy atom. The molecule has 0 amide bonds. The van der Waals surface area contributed by atoms with Crippen LogP contribution in [0.5, 0.6) is 5.75 Å². The van der Waals surface area contributed by atoms with E-state index in [0.717, 1.165) is 24.1 Å². The van der Waals surface area contributed by atoms with Gasteiger partial charge in [-0.3, -0.25) is 0 Å². The molecule has 1 aromatic heterocycles. The number of para-hydroxylation sites is 1. The minimum absolute atomic E-state index is 0.382. The fourth-order valence-electron chi connectivity index (χ4n) is 2.35. The minimum atomic E-state index is 0.382. The summed E-state index contributed by atoms with van der Waals surface area (Å²) in [6.45, 7) is 3.75. The second-order valence-corrected chi connectivity index (χ2v) is 5.50. The van der Waals surface area contributed by atoms with Crippen molar-refractivity contribution >= 4 is 34.4 Å². The summed E-state index contributed by atoms with van der Waals surface area (Å²) in [5.41, 5.74) is 3.23. The van der Waals surface area contributed by atoms with Gasteiger partial charge in [0, 0.05) is 0 Å². The van der Waals surface area contributed by atoms with Gasteiger partial charge in [-0.15, -0.1) is 6.58 Å². The van der Waals surface area contributed by atoms with E-state index in [2.05, 4.69) is 16.9 Å². The molecular formula is C18H17ClN2O2. The van der Waals surface area contributed by atoms with Crippen molar-refractivity contribution in [2.75, 3.05) is 12.4 Å². The number of rotatable bonds is 6. The predicted octanol–water partition coefficient (Wildman–Crippen LogP) is 5.35. The topological polar surface area (TPSA) is 47.3 Å². The summed E-state index contributed by atoms with van der Waals surface area (Å²) in [7, 11) is 1.63. The van der Waals surface area contributed by atoms with Gasteiger partial charge in [0.05, 0.1) is 17.8 Å². The maximum Gasteiger partial charge on any atom is 0.300 e. The number of anilines is 2. The van der Waals surface area contributed by atoms with Crippen molar-refractivity contribution in [3.8, 4) is 5.75 Å². The lowest BCUT2D eigenvalue weighted by molar-refractivity contribution is 0.418. The Labute approximate surface area is 139 Å². The molecule has 0 spiro atoms. The molecule has 23 heavy (non-hydrogen) atoms. The van der Waals surface area contributed by atoms with E-state index in [4.69, 9.17) is 20.8 Å². The zero-order valence-electron chi connectivity index (χ0n) is 12.8. The van der Waals surface area contributed by atoms with E-state index in [9.17, 15) is 0 Å². The van der Waals surface area contributed by atoms with Gasteiger partial charge in [-0.1, -0.05) is 29.8 Å². The molecule has 0 atom stereocenters. The number of hydrogen-bond acceptors (Lipinski definition) is 4. The van der Waals surface area contributed by atoms with Gasteiger partial charge in [0.25, 0.3) is 6.01 Å². The molecule has 0 aliphatic carbocycles. The van der Waals surface area contributed by atoms with Crippen LogP contribution in [0, 0.1) is 0 Å². The monoisotopic (exact) mass is 328 g/mol. The molecule has 4 nitrogen and oxygen atoms in total. The van der Waals surface area contributed by atoms with Gasteiger partial charge in [-0.25, -0.2) is 0 Å². The fourth-order valence-corrected chi connectivity index (χ4v) is 2.54. The molecular weight excluding hydrogens is 312 g/mol. The third-order valence-electron chi connectivity index (χ3n) is 3.49. The van der Waals surface area contributed by atoms with Crippen molar-refractivity contribution in [2.45, 2.75) is 12.8 Å². The standard InChI is InChI=1S/C18H17ClN2O2/c1-3-4-7-12-10-15(22-2)17-16(11-12)23-18(21-17)20-14-9-6-5-8-13(14)19/h3,5-6,8-11H,1,4,7H2,2H3,(H,20,21). The van der Waals surface area contributed by atoms with E-state index >= 15 is 0 Å². The zero-order valence-corrected chi connectivity index (χ0v) is 13.6. The van der Waals surface area contributed by atoms with Gasteiger partial charge in [0.15, 0.2) is 11.1 Å². The van der Waals surface area contributed by atoms with Crippen LogP contribution in [0.1, 0.15) is 12.0 Å². The first-order valence-corrected chi connectivity index (χ1v) is 7.69. The van der Waals surface area contributed by atoms with Crippen LogP contribution < -0.4 is 10.1 Å². The summed E-state index contributed by atoms with van der Waals surface area (Å²) in [5, 5.41) is 3.70. The average molecular weight is 329 g/mol. The van der Waals surface area contributed by atoms with Gasteiger partial charge in [-0.2, -0.15) is 4.98 Å². The van der Waals surface area contributed by atoms with Crippen LogP contribution in [0.2, 0.25) is 5.02 Å². The highest BCUT2D eigenvalue weighted by atomic mass is 35.5. The maximum atomic E-state index is 6.15. The number of methoxy groups -OCH3 is 1. The van der Waals surface area contributed by atoms with Crippen LogP contribution in [0.3, 0.4) is 0 Å². The van der Waals surface area contributed by atoms with E-state index < -0.39 is 0 Å². The van der Waals surface area contributed by atoms with E-state index in [-0.39, 0.29) is 0 Å². The van der Waals surface area contributed by atoms with Crippen LogP contribution in [-0.2, 0) is 6.42 Å². The first kappa shape index (κ1) is 15.4. The Balaban J connectivity index is 1.97. The highest BCUT2D eigenvalue weighted by molar-refractivity contribution is 6.33. The number of aryl methyl sites for hydroxylation is 1. The first-order valence-electron chi connectivity index (χ1n) is 7.31. The van der Waals surface area contributed by atoms with Gasteiger partial charge < -0.3 is 14.5 Å². The summed E-state index contributed by atoms with van der Waals surface area (Å²) in [6, 6.07) is 11.8. The Morgan fingerprint density at radius 1 is 1.35 bits per heavy atom. The Kier molecular flexibility index (Phi) is 4.53. The van der Waals surface area contributed by atoms with Crippen molar-refractivity contribution in [3.05, 3.63) is 59.6 Å². The van der Waals surface area contributed by atoms with Crippen LogP contribution in [-0.4, -0.2) is 12.1 Å². The lowest BCUT2D eigenvalue weighted by Gasteiger charge is -2.03. The molecule has 5 heteroatoms. The fraction of sp³-hybridized carbons (Fsp3) is 0.167. The molecule has 0 fully saturated rings. The van der Waals surface area contributed by atoms with Crippen molar-refractivity contribution in [2.24, 2.45) is 0 Å². The predicted molar refractivity (Wildman–Crippen MR) is 93.8 cm³/mol. The number of oxazole rings is 1. The summed E-state index contributed by atoms with van der Waals surface area (Å²) < 4.78 is 11.2. The Morgan fingerprint density at radius 2 is 2.17 bits per heavy atom. The van der Waals surface area contributed by atoms with Crippen LogP contribution >= 0.6 is 11.6 Å². The third kappa shape index (κ3) is 3.32. The Bertz CT molecular complexity index is 842. The van der Waals surface area contributed by atoms with Gasteiger partial charge >= 0.3 is 0 Å². The van der Waals surface area contributed by atoms with E-state index in [1.54, 1.807) is 13.2 Å². The lowest BCUT2D eigenvalue weighted by atomic mass is 10.1. The molecule has 0 saturated carbocycles. The number of ether oxygens (including phenoxy) is 1. The van der Waals surface area contributed by atoms with E-state index in [1.807, 2.05) is 36.4 Å². The summed E-state index contributed by atoms with van der Waals surface area (Å²) >= 11 is 6.15. The second kappa shape index (κ2) is 6.75. The number of halogens is 1. The van der Waals surface area contributed by atoms with Crippen molar-refractivity contribution in [3.63, 3.8) is 0 Å². The largest absolute Gasteiger partial charge is 0.494 e. The molecule has 3 rings (SSSR count). The quantitative estimate of drug-likeness (QED) is 0.619. The molecule has 1 N–H and O–H groups in total. The summed E-state index contributed by atoms with van der Waals surface area (Å²) in [6.07, 6.45) is 3.67. The van der Waals surface area contributed by atoms with Crippen molar-refractivity contribution in [1.82, 2.24) is 4.98 Å². The molecule has 2 aromatic carbocycles. The molecule has 0 aliphatic heterocycles. The zero-order chi connectivity index (χ0) is 16.2. The average Bonchev–Trinajstić information content (AvgIpc) is 2.96. The number of benzene rings is 2. The molecule has 0 radical (unpaired) electrons. The number of aromatic nitrogens is 1. The lowest BCUT2D eigenvalue weighted by Crippen LogP contribution is -1.91. The van der Waals surface area contributed by atoms with Crippen LogP contribution in [0.15, 0.2) is 53.5 Å². The number of allylic oxidation sites excluding steroid dienone is 1. The highest BCUT2D eigenvalue weighted by Gasteiger charge is 2.13. The smallest absolute Gasteiger partial charge is 0.300 e. The molecule has 0 bridgehead atoms. The van der Waals surface area contributed by atoms with Gasteiger partial charge in [0.1, 0.15) is 5.75 Å². The third-order valence-corrected chi connectivity index (χ3v) is 3.82. The number of fused-ring (bicyclic) bond motifs is 1. The highest BCUT2D eigenvalue weighted by Crippen LogP contribution is 2.32. The SMILES string of the molecule is C=CCCc1cc(OC)c2nc(Nc3ccccc3Cl)oc2c1. The minimum Gasteiger partial charge on any atom is -0.494 e. The molecule has 0 saturated heterocycles. The van der Waals surface area contributed by atoms with Gasteiger partial charge in [0.2, 0.25) is 0 Å². The van der Waals surface area contributed by atoms with Crippen LogP contribution in [0.25, 0.3) is 11.1 Å². The number of hydrogen-bond donors (Lipinski definition) is 1. The van der Waals surface area contributed by atoms with E-state index in [1.165, 1.54) is 0 Å². The van der Waals surface area contributed by atoms with E-state index in [0.29, 0.717) is 27.9 Å². The van der Waals surface area contributed by atoms with Crippen molar-refractivity contribution < 1.29 is 9.15 Å². The summed E-state index contributed by atoms with van der Waals surface area (Å²) in [5.74, 6) is 0.692. The van der Waals surface area contributed by atoms with Gasteiger partial charge in [-0.05, 0) is 42.7 Å². The molecule has 0 aliphatic rings. The first-order chi connectivity index (χ1) is 11.2. The molecule has 1 heterocycles. The number of nitrogens with one attached hydrogen (secondary N) is 1. The Hall–Kier alpha value is -2.46. The molecule has 3 aromatic rings. The maximum absolute atomic E-state index is 6.15. The normalized spacial score (nSPS) is 10.7. The molecule has 118 valence electrons.